The second-order valence-electron chi connectivity index (χ2n) is 4.97. The molecule has 0 aliphatic carbocycles. The van der Waals surface area contributed by atoms with Gasteiger partial charge in [0.05, 0.1) is 6.10 Å². The summed E-state index contributed by atoms with van der Waals surface area (Å²) in [6.07, 6.45) is -0.0427. The van der Waals surface area contributed by atoms with Crippen LogP contribution < -0.4 is 0 Å². The van der Waals surface area contributed by atoms with E-state index >= 15 is 0 Å². The fourth-order valence-electron chi connectivity index (χ4n) is 2.43. The summed E-state index contributed by atoms with van der Waals surface area (Å²) in [6, 6.07) is -0.138. The highest BCUT2D eigenvalue weighted by Crippen LogP contribution is 2.24. The first-order chi connectivity index (χ1) is 8.32. The van der Waals surface area contributed by atoms with Crippen molar-refractivity contribution in [2.75, 3.05) is 40.3 Å². The minimum absolute atomic E-state index is 0.138. The molecular formula is C11H25N3O3S. The van der Waals surface area contributed by atoms with Gasteiger partial charge in [-0.15, -0.1) is 0 Å². The molecule has 2 atom stereocenters. The van der Waals surface area contributed by atoms with E-state index in [1.165, 1.54) is 8.61 Å². The molecule has 108 valence electrons. The number of aliphatic hydroxyl groups excluding tert-OH is 1. The van der Waals surface area contributed by atoms with Crippen LogP contribution in [0.1, 0.15) is 20.3 Å². The molecular weight excluding hydrogens is 254 g/mol. The van der Waals surface area contributed by atoms with E-state index in [2.05, 4.69) is 0 Å². The van der Waals surface area contributed by atoms with E-state index in [9.17, 15) is 13.5 Å². The minimum atomic E-state index is -3.45. The molecule has 1 heterocycles. The average Bonchev–Trinajstić information content (AvgIpc) is 2.60. The maximum absolute atomic E-state index is 12.5. The summed E-state index contributed by atoms with van der Waals surface area (Å²) in [4.78, 5) is 1.95. The zero-order valence-corrected chi connectivity index (χ0v) is 12.5. The molecule has 0 spiro atoms. The van der Waals surface area contributed by atoms with Gasteiger partial charge in [0.1, 0.15) is 0 Å². The molecule has 0 amide bonds. The maximum atomic E-state index is 12.5. The number of nitrogens with zero attached hydrogens (tertiary/aromatic N) is 3. The van der Waals surface area contributed by atoms with E-state index in [4.69, 9.17) is 0 Å². The predicted molar refractivity (Wildman–Crippen MR) is 71.5 cm³/mol. The molecule has 1 aliphatic rings. The van der Waals surface area contributed by atoms with Crippen LogP contribution in [0.5, 0.6) is 0 Å². The highest BCUT2D eigenvalue weighted by Gasteiger charge is 2.40. The van der Waals surface area contributed by atoms with Gasteiger partial charge >= 0.3 is 0 Å². The number of β-amino-alcohol motifs (C(OH)–C–C–N with tert-alkyl or cyclic N) is 1. The largest absolute Gasteiger partial charge is 0.392 e. The molecule has 0 aromatic rings. The standard InChI is InChI=1S/C11H25N3O3S/c1-5-13(6-2)18(16,17)14-9-11(15)7-10(14)8-12(3)4/h10-11,15H,5-9H2,1-4H3. The lowest BCUT2D eigenvalue weighted by atomic mass is 10.2. The molecule has 18 heavy (non-hydrogen) atoms. The SMILES string of the molecule is CCN(CC)S(=O)(=O)N1CC(O)CC1CN(C)C. The van der Waals surface area contributed by atoms with Crippen molar-refractivity contribution in [3.8, 4) is 0 Å². The maximum Gasteiger partial charge on any atom is 0.282 e. The van der Waals surface area contributed by atoms with Crippen molar-refractivity contribution in [2.24, 2.45) is 0 Å². The van der Waals surface area contributed by atoms with E-state index < -0.39 is 16.3 Å². The fourth-order valence-corrected chi connectivity index (χ4v) is 4.27. The second kappa shape index (κ2) is 6.29. The molecule has 1 fully saturated rings. The van der Waals surface area contributed by atoms with Gasteiger partial charge in [0.15, 0.2) is 0 Å². The Morgan fingerprint density at radius 1 is 1.28 bits per heavy atom. The van der Waals surface area contributed by atoms with Gasteiger partial charge in [-0.3, -0.25) is 0 Å². The van der Waals surface area contributed by atoms with Crippen LogP contribution in [0.4, 0.5) is 0 Å². The molecule has 1 N–H and O–H groups in total. The number of likely N-dealkylation sites (N-methyl/N-ethyl adjacent to an activating group) is 1. The smallest absolute Gasteiger partial charge is 0.282 e. The van der Waals surface area contributed by atoms with Gasteiger partial charge in [-0.2, -0.15) is 17.0 Å². The van der Waals surface area contributed by atoms with Crippen LogP contribution in [-0.4, -0.2) is 79.5 Å². The van der Waals surface area contributed by atoms with Crippen LogP contribution >= 0.6 is 0 Å². The van der Waals surface area contributed by atoms with Crippen LogP contribution in [0, 0.1) is 0 Å². The zero-order chi connectivity index (χ0) is 13.9. The topological polar surface area (TPSA) is 64.1 Å². The molecule has 6 nitrogen and oxygen atoms in total. The van der Waals surface area contributed by atoms with Crippen LogP contribution in [0.3, 0.4) is 0 Å². The first kappa shape index (κ1) is 15.8. The third kappa shape index (κ3) is 3.42. The molecule has 0 aromatic carbocycles. The minimum Gasteiger partial charge on any atom is -0.392 e. The van der Waals surface area contributed by atoms with E-state index in [-0.39, 0.29) is 12.6 Å². The van der Waals surface area contributed by atoms with Crippen LogP contribution in [0.2, 0.25) is 0 Å². The van der Waals surface area contributed by atoms with Crippen LogP contribution in [-0.2, 0) is 10.2 Å². The summed E-state index contributed by atoms with van der Waals surface area (Å²) in [7, 11) is 0.371. The number of aliphatic hydroxyl groups is 1. The summed E-state index contributed by atoms with van der Waals surface area (Å²) in [5.41, 5.74) is 0. The summed E-state index contributed by atoms with van der Waals surface area (Å²) >= 11 is 0. The van der Waals surface area contributed by atoms with Crippen molar-refractivity contribution in [2.45, 2.75) is 32.4 Å². The number of hydrogen-bond acceptors (Lipinski definition) is 4. The Balaban J connectivity index is 2.91. The molecule has 7 heteroatoms. The Hall–Kier alpha value is -0.210. The third-order valence-electron chi connectivity index (χ3n) is 3.25. The lowest BCUT2D eigenvalue weighted by molar-refractivity contribution is 0.187. The Bertz CT molecular complexity index is 355. The molecule has 0 saturated carbocycles. The van der Waals surface area contributed by atoms with Gasteiger partial charge < -0.3 is 10.0 Å². The van der Waals surface area contributed by atoms with Crippen molar-refractivity contribution in [3.63, 3.8) is 0 Å². The van der Waals surface area contributed by atoms with Crippen molar-refractivity contribution < 1.29 is 13.5 Å². The van der Waals surface area contributed by atoms with E-state index in [0.29, 0.717) is 26.1 Å². The monoisotopic (exact) mass is 279 g/mol. The zero-order valence-electron chi connectivity index (χ0n) is 11.7. The third-order valence-corrected chi connectivity index (χ3v) is 5.45. The number of rotatable bonds is 6. The van der Waals surface area contributed by atoms with Gasteiger partial charge in [0, 0.05) is 32.2 Å². The van der Waals surface area contributed by atoms with E-state index in [1.807, 2.05) is 32.8 Å². The van der Waals surface area contributed by atoms with Gasteiger partial charge in [-0.05, 0) is 20.5 Å². The molecule has 1 saturated heterocycles. The lowest BCUT2D eigenvalue weighted by Gasteiger charge is -2.30. The molecule has 1 rings (SSSR count). The van der Waals surface area contributed by atoms with E-state index in [0.717, 1.165) is 0 Å². The average molecular weight is 279 g/mol. The Labute approximate surface area is 110 Å². The number of hydrogen-bond donors (Lipinski definition) is 1. The molecule has 0 radical (unpaired) electrons. The predicted octanol–water partition coefficient (Wildman–Crippen LogP) is -0.430. The normalized spacial score (nSPS) is 26.4. The molecule has 0 aromatic heterocycles. The van der Waals surface area contributed by atoms with Crippen LogP contribution in [0.15, 0.2) is 0 Å². The summed E-state index contributed by atoms with van der Waals surface area (Å²) in [5, 5.41) is 9.73. The van der Waals surface area contributed by atoms with Gasteiger partial charge in [0.2, 0.25) is 0 Å². The summed E-state index contributed by atoms with van der Waals surface area (Å²) < 4.78 is 27.8. The van der Waals surface area contributed by atoms with Crippen molar-refractivity contribution >= 4 is 10.2 Å². The van der Waals surface area contributed by atoms with Gasteiger partial charge in [-0.25, -0.2) is 0 Å². The molecule has 1 aliphatic heterocycles. The first-order valence-corrected chi connectivity index (χ1v) is 7.82. The Kier molecular flexibility index (Phi) is 5.54. The highest BCUT2D eigenvalue weighted by molar-refractivity contribution is 7.86. The molecule has 0 bridgehead atoms. The quantitative estimate of drug-likeness (QED) is 0.716. The lowest BCUT2D eigenvalue weighted by Crippen LogP contribution is -2.48. The fraction of sp³-hybridized carbons (Fsp3) is 1.00. The first-order valence-electron chi connectivity index (χ1n) is 6.42. The van der Waals surface area contributed by atoms with E-state index in [1.54, 1.807) is 0 Å². The van der Waals surface area contributed by atoms with Gasteiger partial charge in [-0.1, -0.05) is 13.8 Å². The Morgan fingerprint density at radius 2 is 1.83 bits per heavy atom. The highest BCUT2D eigenvalue weighted by atomic mass is 32.2. The van der Waals surface area contributed by atoms with Crippen molar-refractivity contribution in [3.05, 3.63) is 0 Å². The summed E-state index contributed by atoms with van der Waals surface area (Å²) in [5.74, 6) is 0. The van der Waals surface area contributed by atoms with Crippen molar-refractivity contribution in [1.29, 1.82) is 0 Å². The van der Waals surface area contributed by atoms with Crippen LogP contribution in [0.25, 0.3) is 0 Å². The van der Waals surface area contributed by atoms with Crippen molar-refractivity contribution in [1.82, 2.24) is 13.5 Å². The molecule has 2 unspecified atom stereocenters. The second-order valence-corrected chi connectivity index (χ2v) is 6.85. The summed E-state index contributed by atoms with van der Waals surface area (Å²) in [6.45, 7) is 5.41. The Morgan fingerprint density at radius 3 is 2.28 bits per heavy atom. The van der Waals surface area contributed by atoms with Gasteiger partial charge in [0.25, 0.3) is 10.2 Å².